The molecule has 4 heteroatoms. The Balaban J connectivity index is 2.24. The number of allylic oxidation sites excluding steroid dienone is 1. The number of carbonyl (C=O) groups excluding carboxylic acids is 2. The number of ether oxygens (including phenoxy) is 2. The van der Waals surface area contributed by atoms with Crippen molar-refractivity contribution < 1.29 is 19.1 Å². The summed E-state index contributed by atoms with van der Waals surface area (Å²) in [6, 6.07) is 9.62. The van der Waals surface area contributed by atoms with Gasteiger partial charge in [0.15, 0.2) is 0 Å². The average molecular weight is 288 g/mol. The number of carbonyl (C=O) groups is 2. The summed E-state index contributed by atoms with van der Waals surface area (Å²) in [4.78, 5) is 24.3. The number of cyclic esters (lactones) is 1. The molecule has 0 spiro atoms. The molecule has 2 rings (SSSR count). The summed E-state index contributed by atoms with van der Waals surface area (Å²) in [6.45, 7) is 3.95. The molecule has 1 aromatic carbocycles. The molecule has 2 atom stereocenters. The van der Waals surface area contributed by atoms with Gasteiger partial charge in [-0.05, 0) is 25.0 Å². The Bertz CT molecular complexity index is 533. The minimum absolute atomic E-state index is 0.303. The van der Waals surface area contributed by atoms with E-state index >= 15 is 0 Å². The molecule has 0 saturated carbocycles. The van der Waals surface area contributed by atoms with Crippen molar-refractivity contribution in [1.82, 2.24) is 0 Å². The van der Waals surface area contributed by atoms with Crippen molar-refractivity contribution in [3.8, 4) is 0 Å². The Hall–Kier alpha value is -2.10. The van der Waals surface area contributed by atoms with Crippen molar-refractivity contribution in [2.45, 2.75) is 26.7 Å². The van der Waals surface area contributed by atoms with Gasteiger partial charge in [0.1, 0.15) is 5.76 Å². The molecule has 1 aliphatic rings. The predicted octanol–water partition coefficient (Wildman–Crippen LogP) is 2.88. The lowest BCUT2D eigenvalue weighted by atomic mass is 9.84. The van der Waals surface area contributed by atoms with Crippen LogP contribution in [0.25, 0.3) is 0 Å². The normalized spacial score (nSPS) is 21.4. The van der Waals surface area contributed by atoms with Crippen LogP contribution in [0, 0.1) is 11.8 Å². The van der Waals surface area contributed by atoms with Crippen LogP contribution in [0.4, 0.5) is 0 Å². The van der Waals surface area contributed by atoms with Crippen LogP contribution in [0.15, 0.2) is 42.2 Å². The number of esters is 2. The van der Waals surface area contributed by atoms with E-state index in [-0.39, 0.29) is 11.9 Å². The molecule has 0 saturated heterocycles. The van der Waals surface area contributed by atoms with E-state index in [0.717, 1.165) is 5.56 Å². The molecular formula is C17H20O4. The fourth-order valence-corrected chi connectivity index (χ4v) is 2.44. The Morgan fingerprint density at radius 2 is 1.95 bits per heavy atom. The van der Waals surface area contributed by atoms with Crippen molar-refractivity contribution in [3.05, 3.63) is 47.7 Å². The minimum Gasteiger partial charge on any atom is -0.466 e. The molecule has 0 amide bonds. The Morgan fingerprint density at radius 3 is 2.57 bits per heavy atom. The number of rotatable bonds is 5. The monoisotopic (exact) mass is 288 g/mol. The molecule has 1 aliphatic heterocycles. The summed E-state index contributed by atoms with van der Waals surface area (Å²) in [5.41, 5.74) is 1.00. The van der Waals surface area contributed by atoms with Crippen LogP contribution >= 0.6 is 0 Å². The fraction of sp³-hybridized carbons (Fsp3) is 0.412. The third kappa shape index (κ3) is 3.72. The van der Waals surface area contributed by atoms with E-state index in [2.05, 4.69) is 0 Å². The lowest BCUT2D eigenvalue weighted by Crippen LogP contribution is -2.36. The molecule has 1 aromatic rings. The second-order valence-electron chi connectivity index (χ2n) is 4.98. The van der Waals surface area contributed by atoms with Crippen LogP contribution in [-0.4, -0.2) is 18.5 Å². The van der Waals surface area contributed by atoms with E-state index in [1.54, 1.807) is 13.0 Å². The van der Waals surface area contributed by atoms with E-state index in [4.69, 9.17) is 9.47 Å². The molecule has 0 N–H and O–H groups in total. The highest BCUT2D eigenvalue weighted by Gasteiger charge is 2.38. The second-order valence-corrected chi connectivity index (χ2v) is 4.98. The van der Waals surface area contributed by atoms with Crippen molar-refractivity contribution in [3.63, 3.8) is 0 Å². The van der Waals surface area contributed by atoms with Crippen molar-refractivity contribution >= 4 is 11.9 Å². The third-order valence-electron chi connectivity index (χ3n) is 3.54. The quantitative estimate of drug-likeness (QED) is 0.782. The van der Waals surface area contributed by atoms with Crippen LogP contribution in [0.3, 0.4) is 0 Å². The molecule has 0 aliphatic carbocycles. The van der Waals surface area contributed by atoms with Gasteiger partial charge < -0.3 is 9.47 Å². The molecule has 0 bridgehead atoms. The van der Waals surface area contributed by atoms with Crippen molar-refractivity contribution in [1.29, 1.82) is 0 Å². The zero-order valence-electron chi connectivity index (χ0n) is 12.4. The SMILES string of the molecule is CCOC(=O)[C@H]1C=C(CC)OC(=O)[C@H]1Cc1ccccc1. The third-order valence-corrected chi connectivity index (χ3v) is 3.54. The highest BCUT2D eigenvalue weighted by Crippen LogP contribution is 2.29. The smallest absolute Gasteiger partial charge is 0.315 e. The number of benzene rings is 1. The largest absolute Gasteiger partial charge is 0.466 e. The van der Waals surface area contributed by atoms with E-state index in [9.17, 15) is 9.59 Å². The zero-order valence-corrected chi connectivity index (χ0v) is 12.4. The van der Waals surface area contributed by atoms with Gasteiger partial charge in [-0.3, -0.25) is 9.59 Å². The molecular weight excluding hydrogens is 268 g/mol. The summed E-state index contributed by atoms with van der Waals surface area (Å²) in [5.74, 6) is -1.26. The van der Waals surface area contributed by atoms with E-state index in [1.165, 1.54) is 0 Å². The standard InChI is InChI=1S/C17H20O4/c1-3-13-11-15(16(18)20-4-2)14(17(19)21-13)10-12-8-6-5-7-9-12/h5-9,11,14-15H,3-4,10H2,1-2H3/t14-,15-/m0/s1. The molecule has 0 radical (unpaired) electrons. The molecule has 21 heavy (non-hydrogen) atoms. The van der Waals surface area contributed by atoms with Crippen LogP contribution in [0.5, 0.6) is 0 Å². The molecule has 0 fully saturated rings. The Labute approximate surface area is 124 Å². The van der Waals surface area contributed by atoms with Gasteiger partial charge in [-0.2, -0.15) is 0 Å². The summed E-state index contributed by atoms with van der Waals surface area (Å²) in [6.07, 6.45) is 2.78. The number of hydrogen-bond acceptors (Lipinski definition) is 4. The first-order chi connectivity index (χ1) is 10.2. The van der Waals surface area contributed by atoms with E-state index in [0.29, 0.717) is 25.2 Å². The maximum atomic E-state index is 12.2. The first-order valence-electron chi connectivity index (χ1n) is 7.28. The second kappa shape index (κ2) is 7.07. The van der Waals surface area contributed by atoms with Gasteiger partial charge in [-0.1, -0.05) is 37.3 Å². The average Bonchev–Trinajstić information content (AvgIpc) is 2.50. The van der Waals surface area contributed by atoms with Crippen LogP contribution in [0.2, 0.25) is 0 Å². The van der Waals surface area contributed by atoms with Gasteiger partial charge in [0.25, 0.3) is 0 Å². The van der Waals surface area contributed by atoms with Gasteiger partial charge in [0, 0.05) is 6.42 Å². The summed E-state index contributed by atoms with van der Waals surface area (Å²) >= 11 is 0. The fourth-order valence-electron chi connectivity index (χ4n) is 2.44. The van der Waals surface area contributed by atoms with Gasteiger partial charge in [0.2, 0.25) is 0 Å². The Morgan fingerprint density at radius 1 is 1.24 bits per heavy atom. The van der Waals surface area contributed by atoms with Gasteiger partial charge >= 0.3 is 11.9 Å². The van der Waals surface area contributed by atoms with Crippen molar-refractivity contribution in [2.75, 3.05) is 6.61 Å². The van der Waals surface area contributed by atoms with Crippen LogP contribution < -0.4 is 0 Å². The summed E-state index contributed by atoms with van der Waals surface area (Å²) in [5, 5.41) is 0. The predicted molar refractivity (Wildman–Crippen MR) is 78.2 cm³/mol. The molecule has 0 aromatic heterocycles. The maximum absolute atomic E-state index is 12.2. The highest BCUT2D eigenvalue weighted by molar-refractivity contribution is 5.85. The lowest BCUT2D eigenvalue weighted by Gasteiger charge is -2.27. The van der Waals surface area contributed by atoms with E-state index < -0.39 is 11.8 Å². The summed E-state index contributed by atoms with van der Waals surface area (Å²) < 4.78 is 10.4. The highest BCUT2D eigenvalue weighted by atomic mass is 16.5. The van der Waals surface area contributed by atoms with Crippen LogP contribution in [0.1, 0.15) is 25.8 Å². The van der Waals surface area contributed by atoms with Crippen molar-refractivity contribution in [2.24, 2.45) is 11.8 Å². The zero-order chi connectivity index (χ0) is 15.2. The molecule has 0 unspecified atom stereocenters. The summed E-state index contributed by atoms with van der Waals surface area (Å²) in [7, 11) is 0. The van der Waals surface area contributed by atoms with Gasteiger partial charge in [-0.15, -0.1) is 0 Å². The lowest BCUT2D eigenvalue weighted by molar-refractivity contribution is -0.158. The van der Waals surface area contributed by atoms with Crippen LogP contribution in [-0.2, 0) is 25.5 Å². The van der Waals surface area contributed by atoms with E-state index in [1.807, 2.05) is 37.3 Å². The minimum atomic E-state index is -0.568. The topological polar surface area (TPSA) is 52.6 Å². The molecule has 112 valence electrons. The van der Waals surface area contributed by atoms with Gasteiger partial charge in [-0.25, -0.2) is 0 Å². The number of hydrogen-bond donors (Lipinski definition) is 0. The molecule has 4 nitrogen and oxygen atoms in total. The first-order valence-corrected chi connectivity index (χ1v) is 7.28. The first kappa shape index (κ1) is 15.3. The van der Waals surface area contributed by atoms with Gasteiger partial charge in [0.05, 0.1) is 18.4 Å². The maximum Gasteiger partial charge on any atom is 0.315 e. The Kier molecular flexibility index (Phi) is 5.14. The molecule has 1 heterocycles.